The van der Waals surface area contributed by atoms with Gasteiger partial charge in [-0.25, -0.2) is 17.8 Å². The molecule has 1 saturated carbocycles. The molecule has 0 radical (unpaired) electrons. The number of likely N-dealkylation sites (tertiary alicyclic amines) is 2. The first-order valence-electron chi connectivity index (χ1n) is 13.3. The van der Waals surface area contributed by atoms with Crippen molar-refractivity contribution in [2.75, 3.05) is 32.4 Å². The summed E-state index contributed by atoms with van der Waals surface area (Å²) in [6.07, 6.45) is 13.9. The maximum atomic E-state index is 15.1. The first-order chi connectivity index (χ1) is 17.3. The highest BCUT2D eigenvalue weighted by Gasteiger charge is 2.32. The summed E-state index contributed by atoms with van der Waals surface area (Å²) in [5.41, 5.74) is 2.74. The molecule has 8 heteroatoms. The first kappa shape index (κ1) is 24.1. The van der Waals surface area contributed by atoms with E-state index >= 15 is 4.39 Å². The lowest BCUT2D eigenvalue weighted by molar-refractivity contribution is 0.0468. The number of fused-ring (bicyclic) bond motifs is 1. The van der Waals surface area contributed by atoms with Crippen LogP contribution in [0.2, 0.25) is 0 Å². The van der Waals surface area contributed by atoms with E-state index in [0.717, 1.165) is 43.1 Å². The van der Waals surface area contributed by atoms with Gasteiger partial charge in [0.15, 0.2) is 21.3 Å². The Morgan fingerprint density at radius 3 is 2.06 bits per heavy atom. The van der Waals surface area contributed by atoms with Gasteiger partial charge in [0.05, 0.1) is 10.6 Å². The zero-order valence-electron chi connectivity index (χ0n) is 20.9. The van der Waals surface area contributed by atoms with Gasteiger partial charge in [0.2, 0.25) is 0 Å². The molecule has 6 nitrogen and oxygen atoms in total. The molecule has 1 aliphatic carbocycles. The molecule has 192 valence electrons. The fourth-order valence-electron chi connectivity index (χ4n) is 6.28. The predicted molar refractivity (Wildman–Crippen MR) is 139 cm³/mol. The molecule has 4 heterocycles. The van der Waals surface area contributed by atoms with Gasteiger partial charge in [-0.15, -0.1) is 0 Å². The van der Waals surface area contributed by atoms with Crippen LogP contribution in [0.3, 0.4) is 0 Å². The van der Waals surface area contributed by atoms with Gasteiger partial charge in [0.25, 0.3) is 0 Å². The minimum absolute atomic E-state index is 0.263. The lowest BCUT2D eigenvalue weighted by Gasteiger charge is -2.45. The summed E-state index contributed by atoms with van der Waals surface area (Å²) in [4.78, 5) is 10.1. The first-order valence-corrected chi connectivity index (χ1v) is 15.2. The molecule has 2 aliphatic heterocycles. The summed E-state index contributed by atoms with van der Waals surface area (Å²) in [6, 6.07) is 9.81. The van der Waals surface area contributed by atoms with Crippen LogP contribution >= 0.6 is 0 Å². The fraction of sp³-hybridized carbons (Fsp3) is 0.536. The van der Waals surface area contributed by atoms with Crippen LogP contribution in [0.5, 0.6) is 0 Å². The quantitative estimate of drug-likeness (QED) is 0.496. The topological polar surface area (TPSA) is 57.9 Å². The number of hydrogen-bond donors (Lipinski definition) is 0. The zero-order chi connectivity index (χ0) is 24.9. The van der Waals surface area contributed by atoms with Crippen LogP contribution in [0.4, 0.5) is 4.39 Å². The lowest BCUT2D eigenvalue weighted by Crippen LogP contribution is -2.51. The van der Waals surface area contributed by atoms with E-state index in [1.165, 1.54) is 51.4 Å². The summed E-state index contributed by atoms with van der Waals surface area (Å²) in [6.45, 7) is 4.66. The van der Waals surface area contributed by atoms with Crippen molar-refractivity contribution in [2.45, 2.75) is 67.8 Å². The highest BCUT2D eigenvalue weighted by molar-refractivity contribution is 7.90. The molecule has 3 aliphatic rings. The number of halogens is 1. The van der Waals surface area contributed by atoms with E-state index in [1.54, 1.807) is 34.7 Å². The van der Waals surface area contributed by atoms with Gasteiger partial charge < -0.3 is 14.2 Å². The molecule has 0 bridgehead atoms. The SMILES string of the molecule is CS(=O)(=O)c1ccc(-c2cn3cc(C4CCN(C5CCN(C6CCC6)CC5)CC4)cc(F)c3n2)cc1. The number of piperidine rings is 2. The molecular weight excluding hydrogens is 475 g/mol. The van der Waals surface area contributed by atoms with Gasteiger partial charge in [0, 0.05) is 36.3 Å². The summed E-state index contributed by atoms with van der Waals surface area (Å²) < 4.78 is 40.3. The molecule has 0 spiro atoms. The van der Waals surface area contributed by atoms with Crippen molar-refractivity contribution in [3.63, 3.8) is 0 Å². The number of sulfone groups is 1. The standard InChI is InChI=1S/C28H35FN4O2S/c1-36(34,35)25-7-5-21(6-8-25)27-19-33-18-22(17-26(29)28(33)30-27)20-9-13-31(14-10-20)24-11-15-32(16-12-24)23-3-2-4-23/h5-8,17-20,23-24H,2-4,9-16H2,1H3. The number of aromatic nitrogens is 2. The average Bonchev–Trinajstić information content (AvgIpc) is 3.28. The predicted octanol–water partition coefficient (Wildman–Crippen LogP) is 4.74. The normalized spacial score (nSPS) is 21.7. The minimum Gasteiger partial charge on any atom is -0.304 e. The molecule has 2 aromatic heterocycles. The third-order valence-corrected chi connectivity index (χ3v) is 9.84. The number of pyridine rings is 1. The van der Waals surface area contributed by atoms with Gasteiger partial charge in [-0.1, -0.05) is 18.6 Å². The maximum absolute atomic E-state index is 15.1. The second-order valence-corrected chi connectivity index (χ2v) is 13.0. The fourth-order valence-corrected chi connectivity index (χ4v) is 6.91. The molecule has 2 saturated heterocycles. The molecule has 6 rings (SSSR count). The molecule has 3 fully saturated rings. The number of imidazole rings is 1. The van der Waals surface area contributed by atoms with E-state index in [1.807, 2.05) is 12.4 Å². The Hall–Kier alpha value is -2.29. The third kappa shape index (κ3) is 4.71. The summed E-state index contributed by atoms with van der Waals surface area (Å²) in [7, 11) is -3.26. The van der Waals surface area contributed by atoms with Gasteiger partial charge in [-0.3, -0.25) is 0 Å². The van der Waals surface area contributed by atoms with Crippen LogP contribution in [0.1, 0.15) is 56.4 Å². The highest BCUT2D eigenvalue weighted by atomic mass is 32.2. The van der Waals surface area contributed by atoms with E-state index in [2.05, 4.69) is 14.8 Å². The highest BCUT2D eigenvalue weighted by Crippen LogP contribution is 2.34. The summed E-state index contributed by atoms with van der Waals surface area (Å²) >= 11 is 0. The molecular formula is C28H35FN4O2S. The lowest BCUT2D eigenvalue weighted by atomic mass is 9.87. The Morgan fingerprint density at radius 1 is 0.861 bits per heavy atom. The van der Waals surface area contributed by atoms with E-state index in [-0.39, 0.29) is 10.7 Å². The number of hydrogen-bond acceptors (Lipinski definition) is 5. The van der Waals surface area contributed by atoms with Crippen LogP contribution in [0, 0.1) is 5.82 Å². The van der Waals surface area contributed by atoms with Crippen LogP contribution < -0.4 is 0 Å². The van der Waals surface area contributed by atoms with Crippen molar-refractivity contribution in [3.05, 3.63) is 54.1 Å². The van der Waals surface area contributed by atoms with Crippen LogP contribution in [0.25, 0.3) is 16.9 Å². The van der Waals surface area contributed by atoms with Crippen molar-refractivity contribution in [1.82, 2.24) is 19.2 Å². The monoisotopic (exact) mass is 510 g/mol. The Balaban J connectivity index is 1.12. The van der Waals surface area contributed by atoms with Crippen molar-refractivity contribution < 1.29 is 12.8 Å². The van der Waals surface area contributed by atoms with E-state index < -0.39 is 9.84 Å². The molecule has 0 unspecified atom stereocenters. The Labute approximate surface area is 213 Å². The Morgan fingerprint density at radius 2 is 1.47 bits per heavy atom. The average molecular weight is 511 g/mol. The molecule has 0 amide bonds. The van der Waals surface area contributed by atoms with Crippen molar-refractivity contribution in [3.8, 4) is 11.3 Å². The third-order valence-electron chi connectivity index (χ3n) is 8.71. The maximum Gasteiger partial charge on any atom is 0.175 e. The van der Waals surface area contributed by atoms with Crippen LogP contribution in [-0.2, 0) is 9.84 Å². The summed E-state index contributed by atoms with van der Waals surface area (Å²) in [5.74, 6) is 0.0485. The molecule has 0 atom stereocenters. The van der Waals surface area contributed by atoms with Crippen molar-refractivity contribution in [2.24, 2.45) is 0 Å². The second-order valence-electron chi connectivity index (χ2n) is 10.9. The van der Waals surface area contributed by atoms with Crippen molar-refractivity contribution in [1.29, 1.82) is 0 Å². The Kier molecular flexibility index (Phi) is 6.38. The van der Waals surface area contributed by atoms with Gasteiger partial charge in [0.1, 0.15) is 0 Å². The van der Waals surface area contributed by atoms with Crippen molar-refractivity contribution >= 4 is 15.5 Å². The van der Waals surface area contributed by atoms with Gasteiger partial charge in [-0.05, 0) is 94.4 Å². The van der Waals surface area contributed by atoms with Gasteiger partial charge in [-0.2, -0.15) is 0 Å². The van der Waals surface area contributed by atoms with E-state index in [9.17, 15) is 8.42 Å². The smallest absolute Gasteiger partial charge is 0.175 e. The van der Waals surface area contributed by atoms with E-state index in [0.29, 0.717) is 23.3 Å². The number of nitrogens with zero attached hydrogens (tertiary/aromatic N) is 4. The number of benzene rings is 1. The molecule has 1 aromatic carbocycles. The molecule has 3 aromatic rings. The summed E-state index contributed by atoms with van der Waals surface area (Å²) in [5, 5.41) is 0. The zero-order valence-corrected chi connectivity index (χ0v) is 21.8. The van der Waals surface area contributed by atoms with Gasteiger partial charge >= 0.3 is 0 Å². The number of rotatable bonds is 5. The molecule has 36 heavy (non-hydrogen) atoms. The van der Waals surface area contributed by atoms with Crippen LogP contribution in [0.15, 0.2) is 47.6 Å². The Bertz CT molecular complexity index is 1330. The van der Waals surface area contributed by atoms with Crippen LogP contribution in [-0.4, -0.2) is 72.1 Å². The second kappa shape index (κ2) is 9.54. The minimum atomic E-state index is -3.26. The van der Waals surface area contributed by atoms with E-state index in [4.69, 9.17) is 0 Å². The largest absolute Gasteiger partial charge is 0.304 e. The molecule has 0 N–H and O–H groups in total.